The van der Waals surface area contributed by atoms with Gasteiger partial charge in [-0.3, -0.25) is 9.69 Å². The number of carboxylic acids is 1. The molecule has 1 fully saturated rings. The fraction of sp³-hybridized carbons (Fsp3) is 0.857. The summed E-state index contributed by atoms with van der Waals surface area (Å²) in [5.41, 5.74) is -0.565. The van der Waals surface area contributed by atoms with E-state index >= 15 is 0 Å². The van der Waals surface area contributed by atoms with E-state index in [0.29, 0.717) is 19.5 Å². The number of nitrogens with one attached hydrogen (secondary N) is 1. The van der Waals surface area contributed by atoms with Crippen LogP contribution in [0.3, 0.4) is 0 Å². The largest absolute Gasteiger partial charge is 0.480 e. The van der Waals surface area contributed by atoms with Crippen LogP contribution in [0.2, 0.25) is 0 Å². The van der Waals surface area contributed by atoms with Crippen LogP contribution < -0.4 is 5.32 Å². The molecule has 0 aliphatic carbocycles. The van der Waals surface area contributed by atoms with E-state index in [0.717, 1.165) is 6.42 Å². The molecule has 7 nitrogen and oxygen atoms in total. The second-order valence-corrected chi connectivity index (χ2v) is 6.54. The topological polar surface area (TPSA) is 99.1 Å². The average molecular weight is 302 g/mol. The van der Waals surface area contributed by atoms with Crippen LogP contribution in [0, 0.1) is 5.92 Å². The third-order valence-electron chi connectivity index (χ3n) is 3.23. The van der Waals surface area contributed by atoms with Crippen LogP contribution in [0.1, 0.15) is 33.6 Å². The number of nitrogens with zero attached hydrogens (tertiary/aromatic N) is 1. The van der Waals surface area contributed by atoms with Crippen molar-refractivity contribution in [3.8, 4) is 0 Å². The number of rotatable bonds is 5. The van der Waals surface area contributed by atoms with E-state index in [-0.39, 0.29) is 25.1 Å². The van der Waals surface area contributed by atoms with Gasteiger partial charge in [0.2, 0.25) is 0 Å². The van der Waals surface area contributed by atoms with Crippen LogP contribution in [-0.2, 0) is 9.53 Å². The zero-order valence-electron chi connectivity index (χ0n) is 13.0. The van der Waals surface area contributed by atoms with Crippen LogP contribution in [0.25, 0.3) is 0 Å². The molecule has 0 radical (unpaired) electrons. The summed E-state index contributed by atoms with van der Waals surface area (Å²) in [7, 11) is 0. The first-order valence-electron chi connectivity index (χ1n) is 7.24. The normalized spacial score (nSPS) is 23.6. The maximum absolute atomic E-state index is 11.8. The Morgan fingerprint density at radius 2 is 2.00 bits per heavy atom. The molecule has 0 aromatic rings. The molecule has 0 aromatic heterocycles. The van der Waals surface area contributed by atoms with E-state index in [1.807, 2.05) is 0 Å². The highest BCUT2D eigenvalue weighted by Crippen LogP contribution is 2.20. The lowest BCUT2D eigenvalue weighted by molar-refractivity contribution is -0.138. The van der Waals surface area contributed by atoms with E-state index < -0.39 is 17.7 Å². The van der Waals surface area contributed by atoms with E-state index in [1.165, 1.54) is 0 Å². The number of amides is 1. The summed E-state index contributed by atoms with van der Waals surface area (Å²) in [5, 5.41) is 20.8. The number of alkyl carbamates (subject to hydrolysis) is 1. The van der Waals surface area contributed by atoms with E-state index in [2.05, 4.69) is 5.32 Å². The molecule has 1 rings (SSSR count). The molecule has 0 spiro atoms. The minimum atomic E-state index is -0.893. The first kappa shape index (κ1) is 17.7. The van der Waals surface area contributed by atoms with Crippen LogP contribution in [0.15, 0.2) is 0 Å². The van der Waals surface area contributed by atoms with Gasteiger partial charge in [0.15, 0.2) is 0 Å². The molecule has 2 unspecified atom stereocenters. The van der Waals surface area contributed by atoms with Gasteiger partial charge in [-0.05, 0) is 39.5 Å². The highest BCUT2D eigenvalue weighted by Gasteiger charge is 2.30. The van der Waals surface area contributed by atoms with Crippen LogP contribution in [0.4, 0.5) is 4.79 Å². The van der Waals surface area contributed by atoms with Gasteiger partial charge < -0.3 is 20.3 Å². The van der Waals surface area contributed by atoms with Gasteiger partial charge in [-0.15, -0.1) is 0 Å². The zero-order chi connectivity index (χ0) is 16.0. The maximum Gasteiger partial charge on any atom is 0.407 e. The molecular weight excluding hydrogens is 276 g/mol. The van der Waals surface area contributed by atoms with Crippen molar-refractivity contribution in [2.45, 2.75) is 45.3 Å². The molecule has 1 saturated heterocycles. The molecule has 1 amide bonds. The monoisotopic (exact) mass is 302 g/mol. The van der Waals surface area contributed by atoms with Gasteiger partial charge in [0.1, 0.15) is 5.60 Å². The van der Waals surface area contributed by atoms with E-state index in [1.54, 1.807) is 25.7 Å². The number of carbonyl (C=O) groups excluding carboxylic acids is 1. The van der Waals surface area contributed by atoms with Crippen LogP contribution in [0.5, 0.6) is 0 Å². The zero-order valence-corrected chi connectivity index (χ0v) is 13.0. The Labute approximate surface area is 125 Å². The van der Waals surface area contributed by atoms with Crippen molar-refractivity contribution in [2.24, 2.45) is 5.92 Å². The minimum Gasteiger partial charge on any atom is -0.480 e. The van der Waals surface area contributed by atoms with Crippen molar-refractivity contribution in [1.82, 2.24) is 10.2 Å². The predicted octanol–water partition coefficient (Wildman–Crippen LogP) is 0.669. The average Bonchev–Trinajstić information content (AvgIpc) is 2.24. The second kappa shape index (κ2) is 7.61. The van der Waals surface area contributed by atoms with Gasteiger partial charge in [0.25, 0.3) is 0 Å². The highest BCUT2D eigenvalue weighted by molar-refractivity contribution is 5.69. The molecule has 2 atom stereocenters. The fourth-order valence-corrected chi connectivity index (χ4v) is 2.59. The van der Waals surface area contributed by atoms with Crippen molar-refractivity contribution in [1.29, 1.82) is 0 Å². The molecule has 21 heavy (non-hydrogen) atoms. The summed E-state index contributed by atoms with van der Waals surface area (Å²) in [5.74, 6) is -0.723. The summed E-state index contributed by atoms with van der Waals surface area (Å²) >= 11 is 0. The third kappa shape index (κ3) is 7.29. The SMILES string of the molecule is CC(C)(C)OC(=O)NC1CC(CCO)CN(CC(=O)O)C1. The Morgan fingerprint density at radius 3 is 2.52 bits per heavy atom. The van der Waals surface area contributed by atoms with Gasteiger partial charge in [-0.2, -0.15) is 0 Å². The number of hydrogen-bond donors (Lipinski definition) is 3. The number of aliphatic hydroxyl groups is 1. The van der Waals surface area contributed by atoms with Gasteiger partial charge in [0.05, 0.1) is 6.54 Å². The summed E-state index contributed by atoms with van der Waals surface area (Å²) in [6, 6.07) is -0.163. The van der Waals surface area contributed by atoms with Crippen molar-refractivity contribution < 1.29 is 24.5 Å². The number of carboxylic acid groups (broad SMARTS) is 1. The summed E-state index contributed by atoms with van der Waals surface area (Å²) in [4.78, 5) is 24.4. The minimum absolute atomic E-state index is 0.0603. The maximum atomic E-state index is 11.8. The number of hydrogen-bond acceptors (Lipinski definition) is 5. The number of likely N-dealkylation sites (tertiary alicyclic amines) is 1. The molecule has 3 N–H and O–H groups in total. The highest BCUT2D eigenvalue weighted by atomic mass is 16.6. The lowest BCUT2D eigenvalue weighted by Gasteiger charge is -2.37. The summed E-state index contributed by atoms with van der Waals surface area (Å²) in [6.07, 6.45) is 0.825. The first-order chi connectivity index (χ1) is 9.69. The smallest absolute Gasteiger partial charge is 0.407 e. The number of aliphatic carboxylic acids is 1. The van der Waals surface area contributed by atoms with Crippen LogP contribution >= 0.6 is 0 Å². The first-order valence-corrected chi connectivity index (χ1v) is 7.24. The Hall–Kier alpha value is -1.34. The number of aliphatic hydroxyl groups excluding tert-OH is 1. The van der Waals surface area contributed by atoms with Crippen LogP contribution in [-0.4, -0.2) is 65.1 Å². The number of carbonyl (C=O) groups is 2. The van der Waals surface area contributed by atoms with Gasteiger partial charge in [-0.25, -0.2) is 4.79 Å². The molecule has 7 heteroatoms. The Morgan fingerprint density at radius 1 is 1.33 bits per heavy atom. The van der Waals surface area contributed by atoms with E-state index in [9.17, 15) is 9.59 Å². The molecule has 1 aliphatic rings. The molecule has 0 aromatic carbocycles. The van der Waals surface area contributed by atoms with Gasteiger partial charge in [0, 0.05) is 25.7 Å². The van der Waals surface area contributed by atoms with Gasteiger partial charge in [-0.1, -0.05) is 0 Å². The predicted molar refractivity (Wildman–Crippen MR) is 77.0 cm³/mol. The lowest BCUT2D eigenvalue weighted by atomic mass is 9.92. The molecular formula is C14H26N2O5. The van der Waals surface area contributed by atoms with Crippen molar-refractivity contribution in [3.05, 3.63) is 0 Å². The summed E-state index contributed by atoms with van der Waals surface area (Å²) < 4.78 is 5.22. The number of ether oxygens (including phenoxy) is 1. The van der Waals surface area contributed by atoms with Crippen molar-refractivity contribution in [2.75, 3.05) is 26.2 Å². The van der Waals surface area contributed by atoms with E-state index in [4.69, 9.17) is 14.9 Å². The molecule has 0 saturated carbocycles. The van der Waals surface area contributed by atoms with Gasteiger partial charge >= 0.3 is 12.1 Å². The number of piperidine rings is 1. The summed E-state index contributed by atoms with van der Waals surface area (Å²) in [6.45, 7) is 6.47. The van der Waals surface area contributed by atoms with Crippen molar-refractivity contribution >= 4 is 12.1 Å². The third-order valence-corrected chi connectivity index (χ3v) is 3.23. The second-order valence-electron chi connectivity index (χ2n) is 6.54. The molecule has 122 valence electrons. The van der Waals surface area contributed by atoms with Crippen molar-refractivity contribution in [3.63, 3.8) is 0 Å². The molecule has 1 heterocycles. The standard InChI is InChI=1S/C14H26N2O5/c1-14(2,3)21-13(20)15-11-6-10(4-5-17)7-16(8-11)9-12(18)19/h10-11,17H,4-9H2,1-3H3,(H,15,20)(H,18,19). The fourth-order valence-electron chi connectivity index (χ4n) is 2.59. The molecule has 1 aliphatic heterocycles. The lowest BCUT2D eigenvalue weighted by Crippen LogP contribution is -2.52. The molecule has 0 bridgehead atoms. The Balaban J connectivity index is 2.58. The Kier molecular flexibility index (Phi) is 6.42. The quantitative estimate of drug-likeness (QED) is 0.690. The Bertz CT molecular complexity index is 367.